The second-order valence-corrected chi connectivity index (χ2v) is 7.67. The lowest BCUT2D eigenvalue weighted by Crippen LogP contribution is -2.48. The van der Waals surface area contributed by atoms with Crippen molar-refractivity contribution in [3.05, 3.63) is 66.0 Å². The Morgan fingerprint density at radius 1 is 0.962 bits per heavy atom. The van der Waals surface area contributed by atoms with E-state index in [1.165, 1.54) is 37.1 Å². The Kier molecular flexibility index (Phi) is 5.95. The summed E-state index contributed by atoms with van der Waals surface area (Å²) in [7, 11) is 0. The van der Waals surface area contributed by atoms with E-state index in [1.807, 2.05) is 12.4 Å². The van der Waals surface area contributed by atoms with Crippen LogP contribution in [0.2, 0.25) is 0 Å². The predicted molar refractivity (Wildman–Crippen MR) is 104 cm³/mol. The van der Waals surface area contributed by atoms with Crippen LogP contribution in [0.1, 0.15) is 24.0 Å². The van der Waals surface area contributed by atoms with Crippen LogP contribution < -0.4 is 5.32 Å². The van der Waals surface area contributed by atoms with Gasteiger partial charge < -0.3 is 10.1 Å². The van der Waals surface area contributed by atoms with Crippen LogP contribution in [0.25, 0.3) is 0 Å². The summed E-state index contributed by atoms with van der Waals surface area (Å²) in [5.74, 6) is 0.569. The van der Waals surface area contributed by atoms with Crippen molar-refractivity contribution in [1.29, 1.82) is 0 Å². The third-order valence-electron chi connectivity index (χ3n) is 5.73. The highest BCUT2D eigenvalue weighted by Crippen LogP contribution is 2.22. The van der Waals surface area contributed by atoms with Crippen LogP contribution in [-0.4, -0.2) is 48.3 Å². The largest absolute Gasteiger partial charge is 0.379 e. The van der Waals surface area contributed by atoms with Crippen molar-refractivity contribution in [3.63, 3.8) is 0 Å². The molecule has 138 valence electrons. The van der Waals surface area contributed by atoms with Crippen molar-refractivity contribution >= 4 is 0 Å². The maximum Gasteiger partial charge on any atom is 0.0623 e. The van der Waals surface area contributed by atoms with Crippen molar-refractivity contribution in [1.82, 2.24) is 15.2 Å². The zero-order valence-corrected chi connectivity index (χ0v) is 15.4. The van der Waals surface area contributed by atoms with Gasteiger partial charge in [0.25, 0.3) is 0 Å². The summed E-state index contributed by atoms with van der Waals surface area (Å²) in [6.07, 6.45) is 7.30. The Labute approximate surface area is 156 Å². The maximum atomic E-state index is 5.80. The molecule has 0 aliphatic carbocycles. The summed E-state index contributed by atoms with van der Waals surface area (Å²) in [4.78, 5) is 6.69. The summed E-state index contributed by atoms with van der Waals surface area (Å²) in [6, 6.07) is 16.1. The van der Waals surface area contributed by atoms with E-state index in [9.17, 15) is 0 Å². The zero-order valence-electron chi connectivity index (χ0n) is 15.4. The molecule has 1 aromatic heterocycles. The number of hydrogen-bond acceptors (Lipinski definition) is 4. The van der Waals surface area contributed by atoms with Crippen LogP contribution in [0.4, 0.5) is 0 Å². The Bertz CT molecular complexity index is 656. The van der Waals surface area contributed by atoms with Crippen LogP contribution >= 0.6 is 0 Å². The standard InChI is InChI=1S/C22H29N3O/c1-2-4-19(5-3-1)15-25-12-8-21(9-13-25)24-22-17-26-16-20(22)14-18-6-10-23-11-7-18/h1-7,10-11,20-22,24H,8-9,12-17H2/t20-,22+/m1/s1. The first kappa shape index (κ1) is 17.7. The molecule has 0 bridgehead atoms. The minimum absolute atomic E-state index is 0.480. The molecule has 4 nitrogen and oxygen atoms in total. The van der Waals surface area contributed by atoms with Gasteiger partial charge in [-0.1, -0.05) is 30.3 Å². The summed E-state index contributed by atoms with van der Waals surface area (Å²) >= 11 is 0. The molecule has 2 aliphatic rings. The second kappa shape index (κ2) is 8.76. The van der Waals surface area contributed by atoms with Crippen LogP contribution in [0.5, 0.6) is 0 Å². The average molecular weight is 351 g/mol. The molecule has 0 amide bonds. The highest BCUT2D eigenvalue weighted by Gasteiger charge is 2.31. The lowest BCUT2D eigenvalue weighted by atomic mass is 9.93. The van der Waals surface area contributed by atoms with E-state index in [2.05, 4.69) is 57.7 Å². The Hall–Kier alpha value is -1.75. The minimum atomic E-state index is 0.480. The van der Waals surface area contributed by atoms with E-state index in [0.29, 0.717) is 18.0 Å². The normalized spacial score (nSPS) is 24.8. The molecule has 0 spiro atoms. The number of hydrogen-bond donors (Lipinski definition) is 1. The van der Waals surface area contributed by atoms with E-state index >= 15 is 0 Å². The number of piperidine rings is 1. The number of nitrogens with zero attached hydrogens (tertiary/aromatic N) is 2. The van der Waals surface area contributed by atoms with Crippen molar-refractivity contribution in [3.8, 4) is 0 Å². The van der Waals surface area contributed by atoms with Crippen LogP contribution in [-0.2, 0) is 17.7 Å². The Balaban J connectivity index is 1.24. The summed E-state index contributed by atoms with van der Waals surface area (Å²) < 4.78 is 5.80. The molecule has 4 rings (SSSR count). The first-order chi connectivity index (χ1) is 12.9. The van der Waals surface area contributed by atoms with Gasteiger partial charge in [0.05, 0.1) is 13.2 Å². The maximum absolute atomic E-state index is 5.80. The summed E-state index contributed by atoms with van der Waals surface area (Å²) in [5.41, 5.74) is 2.78. The zero-order chi connectivity index (χ0) is 17.6. The van der Waals surface area contributed by atoms with Crippen molar-refractivity contribution in [2.75, 3.05) is 26.3 Å². The van der Waals surface area contributed by atoms with Gasteiger partial charge in [-0.05, 0) is 55.6 Å². The smallest absolute Gasteiger partial charge is 0.0623 e. The molecular weight excluding hydrogens is 322 g/mol. The van der Waals surface area contributed by atoms with Gasteiger partial charge in [0.1, 0.15) is 0 Å². The van der Waals surface area contributed by atoms with Gasteiger partial charge >= 0.3 is 0 Å². The van der Waals surface area contributed by atoms with E-state index in [4.69, 9.17) is 4.74 Å². The number of aromatic nitrogens is 1. The van der Waals surface area contributed by atoms with Crippen LogP contribution in [0.3, 0.4) is 0 Å². The second-order valence-electron chi connectivity index (χ2n) is 7.67. The fraction of sp³-hybridized carbons (Fsp3) is 0.500. The van der Waals surface area contributed by atoms with Crippen LogP contribution in [0, 0.1) is 5.92 Å². The first-order valence-corrected chi connectivity index (χ1v) is 9.86. The lowest BCUT2D eigenvalue weighted by Gasteiger charge is -2.34. The van der Waals surface area contributed by atoms with Crippen molar-refractivity contribution < 1.29 is 4.74 Å². The molecule has 0 saturated carbocycles. The van der Waals surface area contributed by atoms with Gasteiger partial charge in [-0.2, -0.15) is 0 Å². The number of benzene rings is 1. The fourth-order valence-electron chi connectivity index (χ4n) is 4.21. The van der Waals surface area contributed by atoms with E-state index < -0.39 is 0 Å². The molecular formula is C22H29N3O. The molecule has 2 fully saturated rings. The molecule has 4 heteroatoms. The van der Waals surface area contributed by atoms with Crippen LogP contribution in [0.15, 0.2) is 54.9 Å². The number of rotatable bonds is 6. The first-order valence-electron chi connectivity index (χ1n) is 9.86. The molecule has 1 N–H and O–H groups in total. The van der Waals surface area contributed by atoms with Gasteiger partial charge in [-0.3, -0.25) is 9.88 Å². The number of ether oxygens (including phenoxy) is 1. The van der Waals surface area contributed by atoms with Crippen molar-refractivity contribution in [2.24, 2.45) is 5.92 Å². The van der Waals surface area contributed by atoms with Crippen molar-refractivity contribution in [2.45, 2.75) is 37.9 Å². The molecule has 0 radical (unpaired) electrons. The van der Waals surface area contributed by atoms with Gasteiger partial charge in [-0.15, -0.1) is 0 Å². The van der Waals surface area contributed by atoms with E-state index in [1.54, 1.807) is 0 Å². The number of nitrogens with one attached hydrogen (secondary N) is 1. The van der Waals surface area contributed by atoms with Gasteiger partial charge in [0.2, 0.25) is 0 Å². The molecule has 0 unspecified atom stereocenters. The molecule has 2 aromatic rings. The summed E-state index contributed by atoms with van der Waals surface area (Å²) in [6.45, 7) is 5.14. The molecule has 26 heavy (non-hydrogen) atoms. The van der Waals surface area contributed by atoms with Gasteiger partial charge in [-0.25, -0.2) is 0 Å². The minimum Gasteiger partial charge on any atom is -0.379 e. The van der Waals surface area contributed by atoms with Gasteiger partial charge in [0.15, 0.2) is 0 Å². The Morgan fingerprint density at radius 3 is 2.50 bits per heavy atom. The lowest BCUT2D eigenvalue weighted by molar-refractivity contribution is 0.167. The predicted octanol–water partition coefficient (Wildman–Crippen LogP) is 2.89. The molecule has 2 aliphatic heterocycles. The third kappa shape index (κ3) is 4.70. The highest BCUT2D eigenvalue weighted by atomic mass is 16.5. The summed E-state index contributed by atoms with van der Waals surface area (Å²) in [5, 5.41) is 3.91. The molecule has 1 aromatic carbocycles. The molecule has 2 saturated heterocycles. The average Bonchev–Trinajstić information content (AvgIpc) is 3.12. The monoisotopic (exact) mass is 351 g/mol. The Morgan fingerprint density at radius 2 is 1.73 bits per heavy atom. The van der Waals surface area contributed by atoms with Gasteiger partial charge in [0, 0.05) is 36.9 Å². The quantitative estimate of drug-likeness (QED) is 0.868. The SMILES string of the molecule is c1ccc(CN2CCC(N[C@H]3COC[C@H]3Cc3ccncc3)CC2)cc1. The molecule has 3 heterocycles. The highest BCUT2D eigenvalue weighted by molar-refractivity contribution is 5.14. The third-order valence-corrected chi connectivity index (χ3v) is 5.73. The van der Waals surface area contributed by atoms with E-state index in [-0.39, 0.29) is 0 Å². The molecule has 2 atom stereocenters. The number of likely N-dealkylation sites (tertiary alicyclic amines) is 1. The van der Waals surface area contributed by atoms with E-state index in [0.717, 1.165) is 26.2 Å². The fourth-order valence-corrected chi connectivity index (χ4v) is 4.21. The topological polar surface area (TPSA) is 37.4 Å². The number of pyridine rings is 1.